The van der Waals surface area contributed by atoms with Crippen LogP contribution >= 0.6 is 28.6 Å². The Morgan fingerprint density at radius 1 is 0.735 bits per heavy atom. The highest BCUT2D eigenvalue weighted by molar-refractivity contribution is 9.10. The molecule has 34 heavy (non-hydrogen) atoms. The summed E-state index contributed by atoms with van der Waals surface area (Å²) in [5.41, 5.74) is 2.47. The predicted octanol–water partition coefficient (Wildman–Crippen LogP) is 4.52. The fourth-order valence-corrected chi connectivity index (χ4v) is 2.73. The number of ether oxygens (including phenoxy) is 2. The number of pyridine rings is 2. The van der Waals surface area contributed by atoms with Gasteiger partial charge in [-0.1, -0.05) is 36.4 Å². The molecule has 0 fully saturated rings. The highest BCUT2D eigenvalue weighted by atomic mass is 79.9. The summed E-state index contributed by atoms with van der Waals surface area (Å²) >= 11 is 6.73. The standard InChI is InChI=1S/C12H11NO.C7H9BO3.C5H4BrN.CH4S/c1-14-11-6-4-5-10(9-11)12-7-2-3-8-13-12;1-11-7-4-2-3-6(5-7)8(9)10;6-5-3-1-2-4-7-5;1-2/h2-9H,1H3;2-5,9-10H,1H3;1-4H;2H,1H3. The highest BCUT2D eigenvalue weighted by Crippen LogP contribution is 2.21. The van der Waals surface area contributed by atoms with E-state index in [1.807, 2.05) is 60.7 Å². The fourth-order valence-electron chi connectivity index (χ4n) is 2.46. The van der Waals surface area contributed by atoms with Gasteiger partial charge in [0.05, 0.1) is 19.9 Å². The molecule has 2 aromatic heterocycles. The smallest absolute Gasteiger partial charge is 0.488 e. The summed E-state index contributed by atoms with van der Waals surface area (Å²) < 4.78 is 10.9. The number of rotatable bonds is 4. The average Bonchev–Trinajstić information content (AvgIpc) is 2.91. The van der Waals surface area contributed by atoms with Gasteiger partial charge >= 0.3 is 7.12 Å². The van der Waals surface area contributed by atoms with Crippen LogP contribution in [0.1, 0.15) is 0 Å². The number of hydrogen-bond acceptors (Lipinski definition) is 7. The summed E-state index contributed by atoms with van der Waals surface area (Å²) in [4.78, 5) is 8.16. The molecular weight excluding hydrogens is 515 g/mol. The first kappa shape index (κ1) is 29.2. The predicted molar refractivity (Wildman–Crippen MR) is 146 cm³/mol. The molecule has 2 N–H and O–H groups in total. The van der Waals surface area contributed by atoms with E-state index in [2.05, 4.69) is 38.5 Å². The Hall–Kier alpha value is -2.85. The molecule has 0 unspecified atom stereocenters. The second-order valence-electron chi connectivity index (χ2n) is 6.25. The Kier molecular flexibility index (Phi) is 15.1. The maximum Gasteiger partial charge on any atom is 0.488 e. The number of hydrogen-bond donors (Lipinski definition) is 3. The molecule has 0 saturated heterocycles. The van der Waals surface area contributed by atoms with Crippen LogP contribution in [0.5, 0.6) is 11.5 Å². The van der Waals surface area contributed by atoms with Crippen molar-refractivity contribution < 1.29 is 19.5 Å². The minimum absolute atomic E-state index is 0.435. The molecule has 0 amide bonds. The Bertz CT molecular complexity index is 1060. The topological polar surface area (TPSA) is 84.7 Å². The van der Waals surface area contributed by atoms with Gasteiger partial charge in [0.1, 0.15) is 16.1 Å². The van der Waals surface area contributed by atoms with E-state index < -0.39 is 7.12 Å². The molecule has 6 nitrogen and oxygen atoms in total. The van der Waals surface area contributed by atoms with E-state index in [1.165, 1.54) is 7.11 Å². The van der Waals surface area contributed by atoms with Gasteiger partial charge in [0.2, 0.25) is 0 Å². The van der Waals surface area contributed by atoms with Gasteiger partial charge in [0.25, 0.3) is 0 Å². The lowest BCUT2D eigenvalue weighted by atomic mass is 9.80. The zero-order valence-corrected chi connectivity index (χ0v) is 21.7. The zero-order valence-electron chi connectivity index (χ0n) is 19.2. The maximum atomic E-state index is 8.74. The third-order valence-corrected chi connectivity index (χ3v) is 4.52. The van der Waals surface area contributed by atoms with Crippen LogP contribution in [0.25, 0.3) is 11.3 Å². The molecule has 0 saturated carbocycles. The van der Waals surface area contributed by atoms with Crippen LogP contribution in [-0.4, -0.2) is 47.6 Å². The van der Waals surface area contributed by atoms with Crippen molar-refractivity contribution in [1.82, 2.24) is 9.97 Å². The number of nitrogens with zero attached hydrogens (tertiary/aromatic N) is 2. The summed E-state index contributed by atoms with van der Waals surface area (Å²) in [6, 6.07) is 26.1. The van der Waals surface area contributed by atoms with Crippen molar-refractivity contribution in [3.63, 3.8) is 0 Å². The zero-order chi connectivity index (χ0) is 25.2. The molecule has 0 aliphatic heterocycles. The number of thiol groups is 1. The summed E-state index contributed by atoms with van der Waals surface area (Å²) in [5, 5.41) is 17.5. The van der Waals surface area contributed by atoms with Crippen LogP contribution in [0.4, 0.5) is 0 Å². The van der Waals surface area contributed by atoms with Gasteiger partial charge in [-0.15, -0.1) is 0 Å². The molecule has 0 bridgehead atoms. The maximum absolute atomic E-state index is 8.74. The summed E-state index contributed by atoms with van der Waals surface area (Å²) in [5.74, 6) is 1.48. The fraction of sp³-hybridized carbons (Fsp3) is 0.120. The van der Waals surface area contributed by atoms with E-state index in [1.54, 1.807) is 50.0 Å². The first-order valence-electron chi connectivity index (χ1n) is 10.1. The molecule has 0 aliphatic rings. The molecule has 0 radical (unpaired) electrons. The van der Waals surface area contributed by atoms with E-state index in [-0.39, 0.29) is 0 Å². The average molecular weight is 543 g/mol. The Balaban J connectivity index is 0.000000258. The Morgan fingerprint density at radius 3 is 1.79 bits per heavy atom. The monoisotopic (exact) mass is 542 g/mol. The summed E-state index contributed by atoms with van der Waals surface area (Å²) in [7, 11) is 1.77. The first-order valence-corrected chi connectivity index (χ1v) is 11.8. The Labute approximate surface area is 215 Å². The van der Waals surface area contributed by atoms with Crippen LogP contribution in [-0.2, 0) is 0 Å². The van der Waals surface area contributed by atoms with Crippen molar-refractivity contribution in [1.29, 1.82) is 0 Å². The third-order valence-electron chi connectivity index (χ3n) is 4.05. The lowest BCUT2D eigenvalue weighted by Gasteiger charge is -2.03. The van der Waals surface area contributed by atoms with Gasteiger partial charge in [-0.25, -0.2) is 4.98 Å². The SMILES string of the molecule is Brc1ccccn1.COc1cccc(-c2ccccn2)c1.COc1cccc(B(O)O)c1.CS. The van der Waals surface area contributed by atoms with Gasteiger partial charge in [0, 0.05) is 18.0 Å². The van der Waals surface area contributed by atoms with Crippen molar-refractivity contribution >= 4 is 41.1 Å². The molecule has 0 spiro atoms. The quantitative estimate of drug-likeness (QED) is 0.200. The van der Waals surface area contributed by atoms with E-state index in [4.69, 9.17) is 19.5 Å². The van der Waals surface area contributed by atoms with Crippen LogP contribution in [0.2, 0.25) is 0 Å². The van der Waals surface area contributed by atoms with E-state index in [9.17, 15) is 0 Å². The van der Waals surface area contributed by atoms with E-state index in [0.29, 0.717) is 11.2 Å². The van der Waals surface area contributed by atoms with Crippen molar-refractivity contribution in [3.05, 3.63) is 102 Å². The first-order chi connectivity index (χ1) is 16.5. The van der Waals surface area contributed by atoms with Gasteiger partial charge in [0.15, 0.2) is 0 Å². The summed E-state index contributed by atoms with van der Waals surface area (Å²) in [6.07, 6.45) is 5.22. The molecule has 0 atom stereocenters. The molecule has 9 heteroatoms. The van der Waals surface area contributed by atoms with Gasteiger partial charge in [-0.2, -0.15) is 12.6 Å². The van der Waals surface area contributed by atoms with Crippen LogP contribution in [0, 0.1) is 0 Å². The van der Waals surface area contributed by atoms with Gasteiger partial charge in [-0.05, 0) is 76.2 Å². The van der Waals surface area contributed by atoms with Gasteiger partial charge in [-0.3, -0.25) is 4.98 Å². The minimum Gasteiger partial charge on any atom is -0.497 e. The second-order valence-corrected chi connectivity index (χ2v) is 7.06. The van der Waals surface area contributed by atoms with E-state index in [0.717, 1.165) is 21.6 Å². The lowest BCUT2D eigenvalue weighted by molar-refractivity contribution is 0.412. The lowest BCUT2D eigenvalue weighted by Crippen LogP contribution is -2.29. The molecule has 2 aromatic carbocycles. The number of benzene rings is 2. The van der Waals surface area contributed by atoms with Gasteiger partial charge < -0.3 is 19.5 Å². The molecular formula is C25H28BBrN2O4S. The molecule has 4 rings (SSSR count). The van der Waals surface area contributed by atoms with Crippen LogP contribution in [0.15, 0.2) is 102 Å². The summed E-state index contributed by atoms with van der Waals surface area (Å²) in [6.45, 7) is 0. The minimum atomic E-state index is -1.43. The van der Waals surface area contributed by atoms with Crippen LogP contribution < -0.4 is 14.9 Å². The highest BCUT2D eigenvalue weighted by Gasteiger charge is 2.10. The largest absolute Gasteiger partial charge is 0.497 e. The second kappa shape index (κ2) is 17.6. The van der Waals surface area contributed by atoms with Crippen LogP contribution in [0.3, 0.4) is 0 Å². The number of aromatic nitrogens is 2. The molecule has 0 aliphatic carbocycles. The Morgan fingerprint density at radius 2 is 1.32 bits per heavy atom. The molecule has 4 aromatic rings. The number of methoxy groups -OCH3 is 2. The number of halogens is 1. The third kappa shape index (κ3) is 11.3. The van der Waals surface area contributed by atoms with Crippen molar-refractivity contribution in [2.24, 2.45) is 0 Å². The van der Waals surface area contributed by atoms with Crippen molar-refractivity contribution in [3.8, 4) is 22.8 Å². The van der Waals surface area contributed by atoms with Crippen molar-refractivity contribution in [2.45, 2.75) is 0 Å². The molecule has 178 valence electrons. The normalized spacial score (nSPS) is 9.03. The van der Waals surface area contributed by atoms with Crippen molar-refractivity contribution in [2.75, 3.05) is 20.5 Å². The molecule has 2 heterocycles. The van der Waals surface area contributed by atoms with E-state index >= 15 is 0 Å².